The van der Waals surface area contributed by atoms with Crippen molar-refractivity contribution >= 4 is 11.9 Å². The number of carbonyl (C=O) groups is 2. The highest BCUT2D eigenvalue weighted by Crippen LogP contribution is 2.26. The van der Waals surface area contributed by atoms with E-state index < -0.39 is 5.60 Å². The van der Waals surface area contributed by atoms with Gasteiger partial charge in [-0.2, -0.15) is 5.10 Å². The number of ether oxygens (including phenoxy) is 1. The topological polar surface area (TPSA) is 75.3 Å². The van der Waals surface area contributed by atoms with Gasteiger partial charge in [-0.05, 0) is 27.7 Å². The third kappa shape index (κ3) is 2.84. The van der Waals surface area contributed by atoms with Crippen LogP contribution in [0.3, 0.4) is 0 Å². The number of nitrogens with zero attached hydrogens (tertiary/aromatic N) is 2. The molecule has 0 saturated carbocycles. The molecule has 0 fully saturated rings. The number of rotatable bonds is 1. The molecule has 1 amide bonds. The van der Waals surface area contributed by atoms with Crippen LogP contribution in [0.1, 0.15) is 56.4 Å². The second-order valence-electron chi connectivity index (χ2n) is 6.25. The number of hydrogen-bond donors (Lipinski definition) is 1. The molecule has 0 radical (unpaired) electrons. The molecule has 6 heteroatoms. The first kappa shape index (κ1) is 14.6. The molecule has 1 unspecified atom stereocenters. The largest absolute Gasteiger partial charge is 0.444 e. The monoisotopic (exact) mass is 279 g/mol. The molecule has 0 bridgehead atoms. The van der Waals surface area contributed by atoms with Gasteiger partial charge in [0.2, 0.25) is 0 Å². The van der Waals surface area contributed by atoms with Gasteiger partial charge in [-0.3, -0.25) is 9.89 Å². The van der Waals surface area contributed by atoms with E-state index in [1.807, 2.05) is 27.7 Å². The normalized spacial score (nSPS) is 18.6. The minimum absolute atomic E-state index is 0.0117. The summed E-state index contributed by atoms with van der Waals surface area (Å²) in [4.78, 5) is 25.4. The third-order valence-electron chi connectivity index (χ3n) is 3.27. The van der Waals surface area contributed by atoms with Crippen molar-refractivity contribution < 1.29 is 14.3 Å². The highest BCUT2D eigenvalue weighted by atomic mass is 16.6. The Kier molecular flexibility index (Phi) is 3.58. The van der Waals surface area contributed by atoms with Crippen molar-refractivity contribution in [2.45, 2.75) is 59.2 Å². The molecule has 6 nitrogen and oxygen atoms in total. The standard InChI is InChI=1S/C14H21N3O3/c1-8-6-11-10(12(9(2)18)16-15-11)7-17(8)13(19)20-14(3,4)5/h8H,6-7H2,1-5H3,(H,15,16). The van der Waals surface area contributed by atoms with Crippen molar-refractivity contribution in [2.24, 2.45) is 0 Å². The first-order valence-corrected chi connectivity index (χ1v) is 6.75. The molecule has 1 aromatic heterocycles. The molecular formula is C14H21N3O3. The Labute approximate surface area is 118 Å². The minimum Gasteiger partial charge on any atom is -0.444 e. The molecule has 1 atom stereocenters. The summed E-state index contributed by atoms with van der Waals surface area (Å²) in [6.45, 7) is 9.31. The fraction of sp³-hybridized carbons (Fsp3) is 0.643. The average molecular weight is 279 g/mol. The summed E-state index contributed by atoms with van der Waals surface area (Å²) in [5, 5.41) is 6.94. The lowest BCUT2D eigenvalue weighted by Crippen LogP contribution is -2.45. The fourth-order valence-corrected chi connectivity index (χ4v) is 2.33. The zero-order valence-corrected chi connectivity index (χ0v) is 12.6. The quantitative estimate of drug-likeness (QED) is 0.800. The maximum atomic E-state index is 12.2. The van der Waals surface area contributed by atoms with Crippen LogP contribution in [-0.4, -0.2) is 38.6 Å². The Balaban J connectivity index is 2.24. The van der Waals surface area contributed by atoms with E-state index in [0.717, 1.165) is 11.3 Å². The molecule has 0 saturated heterocycles. The van der Waals surface area contributed by atoms with Gasteiger partial charge in [0.1, 0.15) is 11.3 Å². The van der Waals surface area contributed by atoms with Gasteiger partial charge >= 0.3 is 6.09 Å². The van der Waals surface area contributed by atoms with Crippen LogP contribution in [0.2, 0.25) is 0 Å². The Bertz CT molecular complexity index is 542. The van der Waals surface area contributed by atoms with Crippen LogP contribution in [0, 0.1) is 0 Å². The van der Waals surface area contributed by atoms with Gasteiger partial charge < -0.3 is 9.64 Å². The molecule has 1 aliphatic rings. The number of Topliss-reactive ketones (excluding diaryl/α,β-unsaturated/α-hetero) is 1. The van der Waals surface area contributed by atoms with Crippen molar-refractivity contribution in [2.75, 3.05) is 0 Å². The molecule has 0 spiro atoms. The zero-order valence-electron chi connectivity index (χ0n) is 12.6. The van der Waals surface area contributed by atoms with Crippen molar-refractivity contribution in [3.8, 4) is 0 Å². The van der Waals surface area contributed by atoms with Crippen LogP contribution >= 0.6 is 0 Å². The number of fused-ring (bicyclic) bond motifs is 1. The zero-order chi connectivity index (χ0) is 15.1. The molecule has 1 aliphatic heterocycles. The molecule has 2 heterocycles. The van der Waals surface area contributed by atoms with E-state index in [-0.39, 0.29) is 17.9 Å². The molecule has 1 aromatic rings. The van der Waals surface area contributed by atoms with E-state index in [1.54, 1.807) is 4.90 Å². The predicted octanol–water partition coefficient (Wildman–Crippen LogP) is 2.29. The van der Waals surface area contributed by atoms with E-state index in [9.17, 15) is 9.59 Å². The molecule has 1 N–H and O–H groups in total. The third-order valence-corrected chi connectivity index (χ3v) is 3.27. The number of H-pyrrole nitrogens is 1. The number of nitrogens with one attached hydrogen (secondary N) is 1. The molecule has 2 rings (SSSR count). The lowest BCUT2D eigenvalue weighted by molar-refractivity contribution is 0.0136. The average Bonchev–Trinajstić information content (AvgIpc) is 2.67. The lowest BCUT2D eigenvalue weighted by atomic mass is 9.99. The van der Waals surface area contributed by atoms with Crippen molar-refractivity contribution in [3.05, 3.63) is 17.0 Å². The van der Waals surface area contributed by atoms with Gasteiger partial charge in [0.25, 0.3) is 0 Å². The van der Waals surface area contributed by atoms with E-state index in [2.05, 4.69) is 10.2 Å². The number of carbonyl (C=O) groups excluding carboxylic acids is 2. The second-order valence-corrected chi connectivity index (χ2v) is 6.25. The Morgan fingerprint density at radius 3 is 2.60 bits per heavy atom. The van der Waals surface area contributed by atoms with E-state index >= 15 is 0 Å². The highest BCUT2D eigenvalue weighted by molar-refractivity contribution is 5.94. The van der Waals surface area contributed by atoms with Crippen molar-refractivity contribution in [1.29, 1.82) is 0 Å². The van der Waals surface area contributed by atoms with Gasteiger partial charge in [-0.1, -0.05) is 0 Å². The Morgan fingerprint density at radius 2 is 2.05 bits per heavy atom. The molecular weight excluding hydrogens is 258 g/mol. The first-order chi connectivity index (χ1) is 9.19. The summed E-state index contributed by atoms with van der Waals surface area (Å²) >= 11 is 0. The molecule has 0 aromatic carbocycles. The summed E-state index contributed by atoms with van der Waals surface area (Å²) in [6.07, 6.45) is 0.292. The van der Waals surface area contributed by atoms with Crippen LogP contribution in [0.5, 0.6) is 0 Å². The van der Waals surface area contributed by atoms with Crippen molar-refractivity contribution in [1.82, 2.24) is 15.1 Å². The van der Waals surface area contributed by atoms with Gasteiger partial charge in [-0.15, -0.1) is 0 Å². The second kappa shape index (κ2) is 4.92. The lowest BCUT2D eigenvalue weighted by Gasteiger charge is -2.34. The van der Waals surface area contributed by atoms with E-state index in [0.29, 0.717) is 18.7 Å². The molecule has 0 aliphatic carbocycles. The predicted molar refractivity (Wildman–Crippen MR) is 73.5 cm³/mol. The van der Waals surface area contributed by atoms with Crippen LogP contribution in [-0.2, 0) is 17.7 Å². The number of hydrogen-bond acceptors (Lipinski definition) is 4. The van der Waals surface area contributed by atoms with Crippen LogP contribution in [0.15, 0.2) is 0 Å². The van der Waals surface area contributed by atoms with Crippen LogP contribution < -0.4 is 0 Å². The SMILES string of the molecule is CC(=O)c1n[nH]c2c1CN(C(=O)OC(C)(C)C)C(C)C2. The van der Waals surface area contributed by atoms with Crippen molar-refractivity contribution in [3.63, 3.8) is 0 Å². The number of aromatic amines is 1. The van der Waals surface area contributed by atoms with E-state index in [1.165, 1.54) is 6.92 Å². The first-order valence-electron chi connectivity index (χ1n) is 6.75. The van der Waals surface area contributed by atoms with Gasteiger partial charge in [0.05, 0.1) is 6.54 Å². The minimum atomic E-state index is -0.531. The highest BCUT2D eigenvalue weighted by Gasteiger charge is 2.33. The van der Waals surface area contributed by atoms with Gasteiger partial charge in [0, 0.05) is 30.6 Å². The maximum Gasteiger partial charge on any atom is 0.410 e. The smallest absolute Gasteiger partial charge is 0.410 e. The summed E-state index contributed by atoms with van der Waals surface area (Å²) < 4.78 is 5.41. The summed E-state index contributed by atoms with van der Waals surface area (Å²) in [5.74, 6) is -0.0961. The number of amides is 1. The van der Waals surface area contributed by atoms with Crippen LogP contribution in [0.4, 0.5) is 4.79 Å². The maximum absolute atomic E-state index is 12.2. The number of aromatic nitrogens is 2. The van der Waals surface area contributed by atoms with Crippen LogP contribution in [0.25, 0.3) is 0 Å². The Morgan fingerprint density at radius 1 is 1.40 bits per heavy atom. The summed E-state index contributed by atoms with van der Waals surface area (Å²) in [7, 11) is 0. The summed E-state index contributed by atoms with van der Waals surface area (Å²) in [6, 6.07) is 0.0117. The molecule has 110 valence electrons. The van der Waals surface area contributed by atoms with Gasteiger partial charge in [-0.25, -0.2) is 4.79 Å². The van der Waals surface area contributed by atoms with E-state index in [4.69, 9.17) is 4.74 Å². The summed E-state index contributed by atoms with van der Waals surface area (Å²) in [5.41, 5.74) is 1.63. The molecule has 20 heavy (non-hydrogen) atoms. The number of ketones is 1. The van der Waals surface area contributed by atoms with Gasteiger partial charge in [0.15, 0.2) is 5.78 Å². The Hall–Kier alpha value is -1.85. The fourth-order valence-electron chi connectivity index (χ4n) is 2.33.